The molecule has 2 aromatic rings. The number of unbranched alkanes of at least 4 members (excludes halogenated alkanes) is 18. The topological polar surface area (TPSA) is 86.7 Å². The summed E-state index contributed by atoms with van der Waals surface area (Å²) in [7, 11) is -7.14. The maximum atomic E-state index is 11.9. The fourth-order valence-corrected chi connectivity index (χ4v) is 6.75. The van der Waals surface area contributed by atoms with E-state index >= 15 is 0 Å². The van der Waals surface area contributed by atoms with Crippen LogP contribution in [0, 0.1) is 0 Å². The molecule has 0 fully saturated rings. The van der Waals surface area contributed by atoms with Crippen molar-refractivity contribution in [3.05, 3.63) is 60.7 Å². The molecule has 0 heterocycles. The van der Waals surface area contributed by atoms with Gasteiger partial charge in [-0.15, -0.1) is 0 Å². The van der Waals surface area contributed by atoms with Gasteiger partial charge in [0.25, 0.3) is 20.2 Å². The summed E-state index contributed by atoms with van der Waals surface area (Å²) in [5.41, 5.74) is 0. The maximum Gasteiger partial charge on any atom is 0.296 e. The molecule has 0 saturated carbocycles. The van der Waals surface area contributed by atoms with Gasteiger partial charge < -0.3 is 0 Å². The molecule has 10 heteroatoms. The molecule has 0 spiro atoms. The van der Waals surface area contributed by atoms with Crippen LogP contribution in [0.1, 0.15) is 142 Å². The van der Waals surface area contributed by atoms with Gasteiger partial charge in [-0.3, -0.25) is 8.37 Å². The van der Waals surface area contributed by atoms with Gasteiger partial charge in [0.1, 0.15) is 0 Å². The summed E-state index contributed by atoms with van der Waals surface area (Å²) in [5.74, 6) is 0. The van der Waals surface area contributed by atoms with E-state index in [0.29, 0.717) is 0 Å². The molecule has 46 heavy (non-hydrogen) atoms. The molecule has 6 nitrogen and oxygen atoms in total. The summed E-state index contributed by atoms with van der Waals surface area (Å²) in [5, 5.41) is 0. The van der Waals surface area contributed by atoms with Gasteiger partial charge in [0.15, 0.2) is 0 Å². The van der Waals surface area contributed by atoms with Gasteiger partial charge in [-0.05, 0) is 37.1 Å². The Bertz CT molecular complexity index is 1040. The van der Waals surface area contributed by atoms with Gasteiger partial charge in [-0.25, -0.2) is 0 Å². The normalized spacial score (nSPS) is 11.2. The molecule has 255 valence electrons. The number of benzene rings is 2. The second-order valence-electron chi connectivity index (χ2n) is 11.5. The number of rotatable bonds is 26. The Morgan fingerprint density at radius 2 is 0.652 bits per heavy atom. The average Bonchev–Trinajstić information content (AvgIpc) is 3.03. The van der Waals surface area contributed by atoms with Crippen LogP contribution in [0.5, 0.6) is 0 Å². The van der Waals surface area contributed by atoms with E-state index in [2.05, 4.69) is 13.8 Å². The molecule has 0 aliphatic heterocycles. The molecule has 2 rings (SSSR count). The average molecular weight is 700 g/mol. The van der Waals surface area contributed by atoms with Gasteiger partial charge in [0.05, 0.1) is 23.0 Å². The van der Waals surface area contributed by atoms with Gasteiger partial charge in [-0.1, -0.05) is 166 Å². The van der Waals surface area contributed by atoms with Crippen molar-refractivity contribution in [2.24, 2.45) is 0 Å². The van der Waals surface area contributed by atoms with Crippen LogP contribution in [-0.4, -0.2) is 82.7 Å². The molecular weight excluding hydrogens is 640 g/mol. The van der Waals surface area contributed by atoms with Crippen molar-refractivity contribution >= 4 is 72.8 Å². The van der Waals surface area contributed by atoms with Crippen molar-refractivity contribution in [2.75, 3.05) is 13.2 Å². The largest absolute Gasteiger partial charge is 0.296 e. The van der Waals surface area contributed by atoms with Crippen molar-refractivity contribution in [2.45, 2.75) is 152 Å². The minimum absolute atomic E-state index is 0. The van der Waals surface area contributed by atoms with E-state index in [1.807, 2.05) is 0 Å². The van der Waals surface area contributed by atoms with E-state index in [0.717, 1.165) is 25.7 Å². The molecule has 0 atom stereocenters. The summed E-state index contributed by atoms with van der Waals surface area (Å²) in [6.45, 7) is 5.04. The van der Waals surface area contributed by atoms with Gasteiger partial charge >= 0.3 is 0 Å². The first kappa shape index (κ1) is 48.1. The zero-order valence-corrected chi connectivity index (χ0v) is 34.4. The summed E-state index contributed by atoms with van der Waals surface area (Å²) < 4.78 is 57.6. The van der Waals surface area contributed by atoms with Crippen LogP contribution in [-0.2, 0) is 28.6 Å². The second kappa shape index (κ2) is 32.2. The Hall–Kier alpha value is 0.0262. The molecule has 3 radical (unpaired) electrons. The maximum absolute atomic E-state index is 11.9. The Morgan fingerprint density at radius 3 is 0.913 bits per heavy atom. The van der Waals surface area contributed by atoms with E-state index in [-0.39, 0.29) is 75.6 Å². The molecule has 0 amide bonds. The predicted octanol–water partition coefficient (Wildman–Crippen LogP) is 9.86. The fraction of sp³-hybridized carbons (Fsp3) is 0.667. The van der Waals surface area contributed by atoms with E-state index < -0.39 is 20.2 Å². The van der Waals surface area contributed by atoms with E-state index in [1.165, 1.54) is 103 Å². The smallest absolute Gasteiger partial charge is 0.266 e. The van der Waals surface area contributed by atoms with E-state index in [9.17, 15) is 16.8 Å². The van der Waals surface area contributed by atoms with Crippen LogP contribution in [0.2, 0.25) is 0 Å². The predicted molar refractivity (Wildman–Crippen MR) is 194 cm³/mol. The zero-order valence-electron chi connectivity index (χ0n) is 29.3. The van der Waals surface area contributed by atoms with Crippen LogP contribution in [0.25, 0.3) is 0 Å². The number of hydrogen-bond donors (Lipinski definition) is 0. The van der Waals surface area contributed by atoms with Gasteiger partial charge in [0.2, 0.25) is 0 Å². The fourth-order valence-electron chi connectivity index (χ4n) is 4.83. The van der Waals surface area contributed by atoms with Crippen molar-refractivity contribution in [3.63, 3.8) is 0 Å². The molecule has 0 bridgehead atoms. The first-order chi connectivity index (χ1) is 21.3. The van der Waals surface area contributed by atoms with Crippen LogP contribution in [0.15, 0.2) is 70.5 Å². The SMILES string of the molecule is CCCCCCCCCCCCOS(=O)(=O)c1ccccc1.CCCCCCCCCCCCOS(=O)(=O)c1ccccc1.[Mg].[Na]. The summed E-state index contributed by atoms with van der Waals surface area (Å²) in [6.07, 6.45) is 24.5. The third-order valence-corrected chi connectivity index (χ3v) is 10.2. The van der Waals surface area contributed by atoms with Gasteiger partial charge in [-0.2, -0.15) is 16.8 Å². The van der Waals surface area contributed by atoms with Gasteiger partial charge in [0, 0.05) is 52.6 Å². The standard InChI is InChI=1S/2C18H30O3S.Mg.Na/c2*1-2-3-4-5-6-7-8-9-10-14-17-21-22(19,20)18-15-12-11-13-16-18;;/h2*11-13,15-16H,2-10,14,17H2,1H3;;. The third-order valence-electron chi connectivity index (χ3n) is 7.54. The summed E-state index contributed by atoms with van der Waals surface area (Å²) >= 11 is 0. The Morgan fingerprint density at radius 1 is 0.413 bits per heavy atom. The Balaban J connectivity index is 0. The molecule has 2 aromatic carbocycles. The Labute approximate surface area is 321 Å². The quantitative estimate of drug-likeness (QED) is 0.0552. The Kier molecular flexibility index (Phi) is 33.7. The minimum Gasteiger partial charge on any atom is -0.266 e. The van der Waals surface area contributed by atoms with Crippen molar-refractivity contribution in [1.82, 2.24) is 0 Å². The molecule has 0 N–H and O–H groups in total. The van der Waals surface area contributed by atoms with Crippen LogP contribution in [0.4, 0.5) is 0 Å². The molecule has 0 saturated heterocycles. The summed E-state index contributed by atoms with van der Waals surface area (Å²) in [6, 6.07) is 16.7. The van der Waals surface area contributed by atoms with Crippen molar-refractivity contribution in [1.29, 1.82) is 0 Å². The van der Waals surface area contributed by atoms with E-state index in [1.54, 1.807) is 60.7 Å². The zero-order chi connectivity index (χ0) is 32.2. The first-order valence-corrected chi connectivity index (χ1v) is 20.0. The molecule has 0 aliphatic carbocycles. The monoisotopic (exact) mass is 699 g/mol. The van der Waals surface area contributed by atoms with E-state index in [4.69, 9.17) is 8.37 Å². The van der Waals surface area contributed by atoms with Crippen LogP contribution < -0.4 is 0 Å². The molecule has 0 aromatic heterocycles. The van der Waals surface area contributed by atoms with Crippen LogP contribution in [0.3, 0.4) is 0 Å². The third kappa shape index (κ3) is 26.0. The molecule has 0 unspecified atom stereocenters. The van der Waals surface area contributed by atoms with Crippen molar-refractivity contribution < 1.29 is 25.2 Å². The second-order valence-corrected chi connectivity index (χ2v) is 14.8. The van der Waals surface area contributed by atoms with Crippen LogP contribution >= 0.6 is 0 Å². The first-order valence-electron chi connectivity index (χ1n) is 17.2. The van der Waals surface area contributed by atoms with Crippen molar-refractivity contribution in [3.8, 4) is 0 Å². The molecular formula is C36H60MgNaO6S2. The minimum atomic E-state index is -3.57. The number of hydrogen-bond acceptors (Lipinski definition) is 6. The molecule has 0 aliphatic rings. The summed E-state index contributed by atoms with van der Waals surface area (Å²) in [4.78, 5) is 0.476.